The fourth-order valence-corrected chi connectivity index (χ4v) is 2.38. The maximum Gasteiger partial charge on any atom is 0.291 e. The number of ether oxygens (including phenoxy) is 1. The zero-order valence-electron chi connectivity index (χ0n) is 14.4. The molecule has 0 saturated carbocycles. The fraction of sp³-hybridized carbons (Fsp3) is 0.300. The molecule has 4 nitrogen and oxygen atoms in total. The summed E-state index contributed by atoms with van der Waals surface area (Å²) >= 11 is 0. The lowest BCUT2D eigenvalue weighted by Crippen LogP contribution is -2.22. The number of rotatable bonds is 7. The van der Waals surface area contributed by atoms with Gasteiger partial charge < -0.3 is 10.1 Å². The van der Waals surface area contributed by atoms with Crippen molar-refractivity contribution in [2.45, 2.75) is 33.1 Å². The molecule has 0 saturated heterocycles. The van der Waals surface area contributed by atoms with Gasteiger partial charge in [-0.05, 0) is 67.6 Å². The molecule has 126 valence electrons. The Morgan fingerprint density at radius 3 is 2.33 bits per heavy atom. The number of anilines is 1. The molecular formula is C20H23NO3. The van der Waals surface area contributed by atoms with Crippen molar-refractivity contribution in [1.82, 2.24) is 0 Å². The molecule has 2 aromatic carbocycles. The van der Waals surface area contributed by atoms with E-state index in [1.165, 1.54) is 0 Å². The van der Waals surface area contributed by atoms with Gasteiger partial charge >= 0.3 is 0 Å². The number of benzene rings is 2. The van der Waals surface area contributed by atoms with E-state index >= 15 is 0 Å². The summed E-state index contributed by atoms with van der Waals surface area (Å²) in [5, 5.41) is 2.67. The van der Waals surface area contributed by atoms with Crippen molar-refractivity contribution in [3.8, 4) is 5.75 Å². The Morgan fingerprint density at radius 1 is 1.00 bits per heavy atom. The van der Waals surface area contributed by atoms with Gasteiger partial charge in [-0.3, -0.25) is 9.59 Å². The third-order valence-corrected chi connectivity index (χ3v) is 4.05. The number of aryl methyl sites for hydroxylation is 3. The second-order valence-electron chi connectivity index (χ2n) is 5.88. The number of methoxy groups -OCH3 is 1. The summed E-state index contributed by atoms with van der Waals surface area (Å²) in [5.74, 6) is -0.127. The van der Waals surface area contributed by atoms with E-state index < -0.39 is 5.91 Å². The average Bonchev–Trinajstić information content (AvgIpc) is 2.58. The number of nitrogens with one attached hydrogen (secondary N) is 1. The molecule has 2 aromatic rings. The van der Waals surface area contributed by atoms with Crippen molar-refractivity contribution in [1.29, 1.82) is 0 Å². The summed E-state index contributed by atoms with van der Waals surface area (Å²) in [6, 6.07) is 13.3. The summed E-state index contributed by atoms with van der Waals surface area (Å²) in [7, 11) is 1.63. The van der Waals surface area contributed by atoms with Gasteiger partial charge in [0, 0.05) is 12.1 Å². The Bertz CT molecular complexity index is 720. The van der Waals surface area contributed by atoms with E-state index in [0.717, 1.165) is 28.9 Å². The molecule has 4 heteroatoms. The van der Waals surface area contributed by atoms with Gasteiger partial charge in [0.1, 0.15) is 5.75 Å². The molecule has 0 heterocycles. The van der Waals surface area contributed by atoms with E-state index in [1.807, 2.05) is 56.3 Å². The normalized spacial score (nSPS) is 10.3. The van der Waals surface area contributed by atoms with Crippen molar-refractivity contribution in [3.63, 3.8) is 0 Å². The zero-order valence-corrected chi connectivity index (χ0v) is 14.4. The lowest BCUT2D eigenvalue weighted by molar-refractivity contribution is -0.134. The van der Waals surface area contributed by atoms with Gasteiger partial charge in [0.25, 0.3) is 5.91 Å². The Balaban J connectivity index is 1.80. The number of hydrogen-bond donors (Lipinski definition) is 1. The molecule has 2 rings (SSSR count). The lowest BCUT2D eigenvalue weighted by atomic mass is 10.1. The highest BCUT2D eigenvalue weighted by atomic mass is 16.5. The van der Waals surface area contributed by atoms with Gasteiger partial charge in [-0.15, -0.1) is 0 Å². The summed E-state index contributed by atoms with van der Waals surface area (Å²) in [4.78, 5) is 23.9. The highest BCUT2D eigenvalue weighted by molar-refractivity contribution is 6.40. The number of carbonyl (C=O) groups is 2. The monoisotopic (exact) mass is 325 g/mol. The van der Waals surface area contributed by atoms with Crippen LogP contribution in [0.2, 0.25) is 0 Å². The molecule has 0 aromatic heterocycles. The van der Waals surface area contributed by atoms with Gasteiger partial charge in [-0.2, -0.15) is 0 Å². The van der Waals surface area contributed by atoms with E-state index in [1.54, 1.807) is 7.11 Å². The maximum absolute atomic E-state index is 12.0. The first kappa shape index (κ1) is 17.7. The van der Waals surface area contributed by atoms with Crippen LogP contribution < -0.4 is 10.1 Å². The second kappa shape index (κ2) is 8.29. The summed E-state index contributed by atoms with van der Waals surface area (Å²) in [5.41, 5.74) is 4.02. The molecule has 0 aliphatic rings. The molecule has 0 atom stereocenters. The van der Waals surface area contributed by atoms with Crippen LogP contribution in [-0.2, 0) is 16.0 Å². The quantitative estimate of drug-likeness (QED) is 0.787. The summed E-state index contributed by atoms with van der Waals surface area (Å²) in [6.45, 7) is 3.98. The van der Waals surface area contributed by atoms with Crippen LogP contribution in [0.4, 0.5) is 5.69 Å². The molecule has 0 bridgehead atoms. The molecular weight excluding hydrogens is 302 g/mol. The van der Waals surface area contributed by atoms with Crippen molar-refractivity contribution >= 4 is 17.4 Å². The molecule has 0 spiro atoms. The zero-order chi connectivity index (χ0) is 17.5. The van der Waals surface area contributed by atoms with Crippen LogP contribution in [0.15, 0.2) is 42.5 Å². The predicted molar refractivity (Wildman–Crippen MR) is 95.5 cm³/mol. The predicted octanol–water partition coefficient (Wildman–Crippen LogP) is 3.84. The first-order chi connectivity index (χ1) is 11.5. The Hall–Kier alpha value is -2.62. The lowest BCUT2D eigenvalue weighted by Gasteiger charge is -2.07. The molecule has 0 fully saturated rings. The SMILES string of the molecule is COc1ccc(CCCC(=O)C(=O)Nc2ccc(C)c(C)c2)cc1. The van der Waals surface area contributed by atoms with E-state index in [2.05, 4.69) is 5.32 Å². The maximum atomic E-state index is 12.0. The van der Waals surface area contributed by atoms with Crippen LogP contribution in [0.3, 0.4) is 0 Å². The summed E-state index contributed by atoms with van der Waals surface area (Å²) in [6.07, 6.45) is 1.64. The van der Waals surface area contributed by atoms with Crippen molar-refractivity contribution < 1.29 is 14.3 Å². The Labute approximate surface area is 142 Å². The number of amides is 1. The van der Waals surface area contributed by atoms with Gasteiger partial charge in [-0.1, -0.05) is 18.2 Å². The van der Waals surface area contributed by atoms with Crippen LogP contribution in [-0.4, -0.2) is 18.8 Å². The number of ketones is 1. The van der Waals surface area contributed by atoms with E-state index in [4.69, 9.17) is 4.74 Å². The average molecular weight is 325 g/mol. The van der Waals surface area contributed by atoms with Gasteiger partial charge in [0.15, 0.2) is 0 Å². The minimum Gasteiger partial charge on any atom is -0.497 e. The van der Waals surface area contributed by atoms with E-state index in [-0.39, 0.29) is 12.2 Å². The van der Waals surface area contributed by atoms with Crippen LogP contribution in [0.1, 0.15) is 29.5 Å². The Morgan fingerprint density at radius 2 is 1.71 bits per heavy atom. The van der Waals surface area contributed by atoms with Crippen LogP contribution >= 0.6 is 0 Å². The summed E-state index contributed by atoms with van der Waals surface area (Å²) < 4.78 is 5.11. The van der Waals surface area contributed by atoms with Gasteiger partial charge in [0.2, 0.25) is 5.78 Å². The molecule has 0 aliphatic carbocycles. The largest absolute Gasteiger partial charge is 0.497 e. The molecule has 0 unspecified atom stereocenters. The highest BCUT2D eigenvalue weighted by Gasteiger charge is 2.13. The van der Waals surface area contributed by atoms with Crippen LogP contribution in [0.25, 0.3) is 0 Å². The molecule has 0 aliphatic heterocycles. The number of Topliss-reactive ketones (excluding diaryl/α,β-unsaturated/α-hetero) is 1. The molecule has 1 N–H and O–H groups in total. The topological polar surface area (TPSA) is 55.4 Å². The van der Waals surface area contributed by atoms with Gasteiger partial charge in [0.05, 0.1) is 7.11 Å². The van der Waals surface area contributed by atoms with Crippen LogP contribution in [0, 0.1) is 13.8 Å². The first-order valence-corrected chi connectivity index (χ1v) is 8.04. The van der Waals surface area contributed by atoms with Gasteiger partial charge in [-0.25, -0.2) is 0 Å². The first-order valence-electron chi connectivity index (χ1n) is 8.04. The minimum absolute atomic E-state index is 0.239. The van der Waals surface area contributed by atoms with E-state index in [0.29, 0.717) is 12.1 Å². The minimum atomic E-state index is -0.548. The Kier molecular flexibility index (Phi) is 6.13. The second-order valence-corrected chi connectivity index (χ2v) is 5.88. The van der Waals surface area contributed by atoms with Crippen molar-refractivity contribution in [2.75, 3.05) is 12.4 Å². The fourth-order valence-electron chi connectivity index (χ4n) is 2.38. The van der Waals surface area contributed by atoms with Crippen molar-refractivity contribution in [3.05, 3.63) is 59.2 Å². The number of hydrogen-bond acceptors (Lipinski definition) is 3. The third-order valence-electron chi connectivity index (χ3n) is 4.05. The number of carbonyl (C=O) groups excluding carboxylic acids is 2. The molecule has 0 radical (unpaired) electrons. The molecule has 24 heavy (non-hydrogen) atoms. The molecule has 1 amide bonds. The van der Waals surface area contributed by atoms with Crippen molar-refractivity contribution in [2.24, 2.45) is 0 Å². The van der Waals surface area contributed by atoms with Crippen LogP contribution in [0.5, 0.6) is 5.75 Å². The highest BCUT2D eigenvalue weighted by Crippen LogP contribution is 2.15. The standard InChI is InChI=1S/C20H23NO3/c1-14-7-10-17(13-15(14)2)21-20(23)19(22)6-4-5-16-8-11-18(24-3)12-9-16/h7-13H,4-6H2,1-3H3,(H,21,23). The third kappa shape index (κ3) is 4.95. The smallest absolute Gasteiger partial charge is 0.291 e. The van der Waals surface area contributed by atoms with E-state index in [9.17, 15) is 9.59 Å².